The third-order valence-corrected chi connectivity index (χ3v) is 18.6. The van der Waals surface area contributed by atoms with Gasteiger partial charge in [0.15, 0.2) is 6.10 Å². The topological polar surface area (TPSA) is 111 Å². The van der Waals surface area contributed by atoms with E-state index >= 15 is 0 Å². The van der Waals surface area contributed by atoms with E-state index in [1.165, 1.54) is 327 Å². The summed E-state index contributed by atoms with van der Waals surface area (Å²) in [4.78, 5) is 38.1. The van der Waals surface area contributed by atoms with Crippen LogP contribution in [0.1, 0.15) is 399 Å². The standard InChI is InChI=1S/C78H150NO8P/c1-6-8-10-12-14-16-18-20-22-24-26-28-30-32-34-36-37-38-39-40-41-43-45-47-49-51-53-55-57-59-61-63-65-67-69-71-78(81)87-76(75-86-88(82,83)85-73-72-79(3,4)5)74-84-77(80)70-68-66-64-62-60-58-56-54-52-50-48-46-44-42-35-33-31-29-27-25-23-21-19-17-15-13-11-9-7-2/h18,20,24-27,76H,6-17,19,21-23,28-75H2,1-5H3/b20-18-,26-24-,27-25-. The fourth-order valence-electron chi connectivity index (χ4n) is 11.7. The lowest BCUT2D eigenvalue weighted by Gasteiger charge is -2.28. The number of carbonyl (C=O) groups is 2. The van der Waals surface area contributed by atoms with Gasteiger partial charge in [0, 0.05) is 12.8 Å². The molecule has 0 aromatic heterocycles. The van der Waals surface area contributed by atoms with E-state index in [0.29, 0.717) is 17.4 Å². The van der Waals surface area contributed by atoms with E-state index < -0.39 is 26.5 Å². The molecule has 520 valence electrons. The average Bonchev–Trinajstić information content (AvgIpc) is 3.57. The summed E-state index contributed by atoms with van der Waals surface area (Å²) < 4.78 is 34.4. The molecule has 2 unspecified atom stereocenters. The molecule has 0 fully saturated rings. The highest BCUT2D eigenvalue weighted by molar-refractivity contribution is 7.45. The zero-order chi connectivity index (χ0) is 64.1. The van der Waals surface area contributed by atoms with Crippen molar-refractivity contribution in [2.24, 2.45) is 0 Å². The molecule has 0 N–H and O–H groups in total. The predicted octanol–water partition coefficient (Wildman–Crippen LogP) is 24.8. The van der Waals surface area contributed by atoms with Crippen LogP contribution in [0.3, 0.4) is 0 Å². The summed E-state index contributed by atoms with van der Waals surface area (Å²) in [6.07, 6.45) is 89.7. The predicted molar refractivity (Wildman–Crippen MR) is 379 cm³/mol. The van der Waals surface area contributed by atoms with Crippen LogP contribution in [-0.2, 0) is 32.7 Å². The van der Waals surface area contributed by atoms with Gasteiger partial charge < -0.3 is 27.9 Å². The van der Waals surface area contributed by atoms with E-state index in [0.717, 1.165) is 38.5 Å². The number of quaternary nitrogens is 1. The number of esters is 2. The molecule has 88 heavy (non-hydrogen) atoms. The Morgan fingerprint density at radius 2 is 0.614 bits per heavy atom. The summed E-state index contributed by atoms with van der Waals surface area (Å²) in [5.41, 5.74) is 0. The smallest absolute Gasteiger partial charge is 0.306 e. The zero-order valence-electron chi connectivity index (χ0n) is 59.5. The number of hydrogen-bond acceptors (Lipinski definition) is 8. The molecule has 0 bridgehead atoms. The first-order chi connectivity index (χ1) is 43.0. The van der Waals surface area contributed by atoms with Crippen molar-refractivity contribution in [3.05, 3.63) is 36.5 Å². The minimum absolute atomic E-state index is 0.0274. The second-order valence-corrected chi connectivity index (χ2v) is 29.1. The molecule has 0 aliphatic carbocycles. The Hall–Kier alpha value is -1.77. The largest absolute Gasteiger partial charge is 0.756 e. The number of phosphoric ester groups is 1. The number of unbranched alkanes of at least 4 members (excludes halogenated alkanes) is 53. The van der Waals surface area contributed by atoms with Gasteiger partial charge in [-0.1, -0.05) is 352 Å². The van der Waals surface area contributed by atoms with Crippen LogP contribution in [0.2, 0.25) is 0 Å². The summed E-state index contributed by atoms with van der Waals surface area (Å²) in [6.45, 7) is 4.31. The van der Waals surface area contributed by atoms with E-state index in [1.54, 1.807) is 0 Å². The van der Waals surface area contributed by atoms with Crippen molar-refractivity contribution < 1.29 is 42.1 Å². The molecule has 0 saturated carbocycles. The third kappa shape index (κ3) is 73.3. The number of nitrogens with zero attached hydrogens (tertiary/aromatic N) is 1. The van der Waals surface area contributed by atoms with Crippen molar-refractivity contribution in [3.63, 3.8) is 0 Å². The van der Waals surface area contributed by atoms with Crippen LogP contribution in [0.5, 0.6) is 0 Å². The molecule has 0 aromatic carbocycles. The highest BCUT2D eigenvalue weighted by Crippen LogP contribution is 2.38. The summed E-state index contributed by atoms with van der Waals surface area (Å²) in [6, 6.07) is 0. The van der Waals surface area contributed by atoms with Crippen molar-refractivity contribution in [2.75, 3.05) is 47.5 Å². The van der Waals surface area contributed by atoms with E-state index in [9.17, 15) is 19.0 Å². The van der Waals surface area contributed by atoms with E-state index in [4.69, 9.17) is 18.5 Å². The molecule has 0 amide bonds. The van der Waals surface area contributed by atoms with Gasteiger partial charge in [-0.2, -0.15) is 0 Å². The third-order valence-electron chi connectivity index (χ3n) is 17.6. The highest BCUT2D eigenvalue weighted by atomic mass is 31.2. The molecule has 10 heteroatoms. The first kappa shape index (κ1) is 86.2. The van der Waals surface area contributed by atoms with Gasteiger partial charge in [0.25, 0.3) is 7.82 Å². The van der Waals surface area contributed by atoms with Crippen molar-refractivity contribution in [2.45, 2.75) is 405 Å². The fourth-order valence-corrected chi connectivity index (χ4v) is 12.4. The quantitative estimate of drug-likeness (QED) is 0.0195. The van der Waals surface area contributed by atoms with Crippen LogP contribution in [0.25, 0.3) is 0 Å². The average molecular weight is 1260 g/mol. The molecule has 9 nitrogen and oxygen atoms in total. The molecule has 0 aliphatic rings. The molecule has 0 aromatic rings. The number of allylic oxidation sites excluding steroid dienone is 6. The normalized spacial score (nSPS) is 13.2. The summed E-state index contributed by atoms with van der Waals surface area (Å²) >= 11 is 0. The minimum Gasteiger partial charge on any atom is -0.756 e. The fraction of sp³-hybridized carbons (Fsp3) is 0.897. The Bertz CT molecular complexity index is 1580. The van der Waals surface area contributed by atoms with Crippen LogP contribution in [-0.4, -0.2) is 70.0 Å². The Balaban J connectivity index is 3.93. The van der Waals surface area contributed by atoms with Gasteiger partial charge in [0.05, 0.1) is 27.7 Å². The van der Waals surface area contributed by atoms with E-state index in [1.807, 2.05) is 21.1 Å². The molecule has 2 atom stereocenters. The number of likely N-dealkylation sites (N-methyl/N-ethyl adjacent to an activating group) is 1. The lowest BCUT2D eigenvalue weighted by molar-refractivity contribution is -0.870. The molecule has 0 radical (unpaired) electrons. The van der Waals surface area contributed by atoms with Gasteiger partial charge in [-0.3, -0.25) is 14.2 Å². The SMILES string of the molecule is CCCCCCC/C=C\C/C=C\CCCCCCCCCCCCCCCCCCCCCCCCCC(=O)OC(COC(=O)CCCCCCCCCCCCCCCCCCC/C=C\CCCCCCCCCC)COP(=O)([O-])OCC[N+](C)(C)C. The maximum Gasteiger partial charge on any atom is 0.306 e. The van der Waals surface area contributed by atoms with Gasteiger partial charge in [-0.15, -0.1) is 0 Å². The molecule has 0 heterocycles. The van der Waals surface area contributed by atoms with Crippen LogP contribution in [0.15, 0.2) is 36.5 Å². The Labute approximate surface area is 548 Å². The minimum atomic E-state index is -4.64. The van der Waals surface area contributed by atoms with Gasteiger partial charge >= 0.3 is 11.9 Å². The number of hydrogen-bond donors (Lipinski definition) is 0. The summed E-state index contributed by atoms with van der Waals surface area (Å²) in [7, 11) is 1.19. The number of rotatable bonds is 73. The number of ether oxygens (including phenoxy) is 2. The second-order valence-electron chi connectivity index (χ2n) is 27.7. The van der Waals surface area contributed by atoms with Crippen LogP contribution in [0.4, 0.5) is 0 Å². The van der Waals surface area contributed by atoms with Crippen molar-refractivity contribution in [3.8, 4) is 0 Å². The van der Waals surface area contributed by atoms with Gasteiger partial charge in [-0.25, -0.2) is 0 Å². The van der Waals surface area contributed by atoms with Crippen molar-refractivity contribution >= 4 is 19.8 Å². The van der Waals surface area contributed by atoms with Crippen LogP contribution < -0.4 is 4.89 Å². The Morgan fingerprint density at radius 3 is 0.909 bits per heavy atom. The zero-order valence-corrected chi connectivity index (χ0v) is 60.4. The van der Waals surface area contributed by atoms with Crippen molar-refractivity contribution in [1.82, 2.24) is 0 Å². The van der Waals surface area contributed by atoms with Crippen LogP contribution in [0, 0.1) is 0 Å². The highest BCUT2D eigenvalue weighted by Gasteiger charge is 2.22. The Morgan fingerprint density at radius 1 is 0.352 bits per heavy atom. The Kier molecular flexibility index (Phi) is 68.2. The molecule has 0 rings (SSSR count). The number of carbonyl (C=O) groups excluding carboxylic acids is 2. The van der Waals surface area contributed by atoms with Gasteiger partial charge in [0.2, 0.25) is 0 Å². The number of phosphoric acid groups is 1. The lowest BCUT2D eigenvalue weighted by Crippen LogP contribution is -2.37. The summed E-state index contributed by atoms with van der Waals surface area (Å²) in [5.74, 6) is -0.808. The van der Waals surface area contributed by atoms with Gasteiger partial charge in [-0.05, 0) is 70.6 Å². The molecule has 0 spiro atoms. The first-order valence-corrected chi connectivity index (χ1v) is 40.2. The van der Waals surface area contributed by atoms with Gasteiger partial charge in [0.1, 0.15) is 19.8 Å². The molecule has 0 saturated heterocycles. The van der Waals surface area contributed by atoms with Crippen molar-refractivity contribution in [1.29, 1.82) is 0 Å². The van der Waals surface area contributed by atoms with Crippen LogP contribution >= 0.6 is 7.82 Å². The maximum absolute atomic E-state index is 12.9. The molecular weight excluding hydrogens is 1110 g/mol. The molecular formula is C78H150NO8P. The molecule has 0 aliphatic heterocycles. The maximum atomic E-state index is 12.9. The summed E-state index contributed by atoms with van der Waals surface area (Å²) in [5, 5.41) is 0. The van der Waals surface area contributed by atoms with E-state index in [2.05, 4.69) is 50.3 Å². The first-order valence-electron chi connectivity index (χ1n) is 38.7. The lowest BCUT2D eigenvalue weighted by atomic mass is 10.0. The second kappa shape index (κ2) is 69.6. The monoisotopic (exact) mass is 1260 g/mol. The van der Waals surface area contributed by atoms with E-state index in [-0.39, 0.29) is 32.0 Å².